The standard InChI is InChI=1S/C23H24N6O2/c1-15-12-25-23(27-19-8-6-17(7-9-19)22(30)31)28-21(15)18-13-26-29(14-18)20(10-11-24)16-4-2-3-5-16/h6-9,12-14,16,20H,2-5,10H2,1H3,(H,30,31)(H,25,27,28). The molecule has 8 heteroatoms. The number of hydrogen-bond acceptors (Lipinski definition) is 6. The lowest BCUT2D eigenvalue weighted by Gasteiger charge is -2.21. The number of nitrogens with one attached hydrogen (secondary N) is 1. The van der Waals surface area contributed by atoms with Crippen LogP contribution in [0.2, 0.25) is 0 Å². The van der Waals surface area contributed by atoms with Crippen LogP contribution in [-0.4, -0.2) is 30.8 Å². The first-order chi connectivity index (χ1) is 15.0. The van der Waals surface area contributed by atoms with Crippen LogP contribution in [0.15, 0.2) is 42.9 Å². The number of aromatic nitrogens is 4. The molecule has 1 aliphatic rings. The van der Waals surface area contributed by atoms with E-state index in [1.807, 2.05) is 17.8 Å². The minimum atomic E-state index is -0.968. The first-order valence-corrected chi connectivity index (χ1v) is 10.4. The molecule has 31 heavy (non-hydrogen) atoms. The van der Waals surface area contributed by atoms with Crippen LogP contribution in [0.25, 0.3) is 11.3 Å². The number of hydrogen-bond donors (Lipinski definition) is 2. The molecule has 0 spiro atoms. The van der Waals surface area contributed by atoms with E-state index in [0.717, 1.165) is 29.7 Å². The molecule has 3 aromatic rings. The average molecular weight is 416 g/mol. The van der Waals surface area contributed by atoms with Gasteiger partial charge in [0.2, 0.25) is 5.95 Å². The van der Waals surface area contributed by atoms with Gasteiger partial charge in [0, 0.05) is 23.6 Å². The van der Waals surface area contributed by atoms with Gasteiger partial charge in [-0.2, -0.15) is 10.4 Å². The number of nitrogens with zero attached hydrogens (tertiary/aromatic N) is 5. The molecular formula is C23H24N6O2. The molecule has 0 radical (unpaired) electrons. The Hall–Kier alpha value is -3.73. The molecule has 4 rings (SSSR count). The summed E-state index contributed by atoms with van der Waals surface area (Å²) in [5.41, 5.74) is 3.49. The van der Waals surface area contributed by atoms with Crippen LogP contribution < -0.4 is 5.32 Å². The highest BCUT2D eigenvalue weighted by atomic mass is 16.4. The molecule has 0 bridgehead atoms. The van der Waals surface area contributed by atoms with Crippen molar-refractivity contribution in [3.8, 4) is 17.3 Å². The highest BCUT2D eigenvalue weighted by Crippen LogP contribution is 2.36. The fourth-order valence-electron chi connectivity index (χ4n) is 4.17. The number of rotatable bonds is 7. The van der Waals surface area contributed by atoms with Gasteiger partial charge in [0.15, 0.2) is 0 Å². The smallest absolute Gasteiger partial charge is 0.335 e. The molecule has 2 aromatic heterocycles. The third kappa shape index (κ3) is 4.56. The second kappa shape index (κ2) is 8.96. The lowest BCUT2D eigenvalue weighted by molar-refractivity contribution is 0.0697. The summed E-state index contributed by atoms with van der Waals surface area (Å²) in [5, 5.41) is 26.0. The summed E-state index contributed by atoms with van der Waals surface area (Å²) in [4.78, 5) is 20.0. The molecule has 2 N–H and O–H groups in total. The third-order valence-corrected chi connectivity index (χ3v) is 5.82. The molecule has 1 saturated carbocycles. The normalized spacial score (nSPS) is 14.8. The van der Waals surface area contributed by atoms with Gasteiger partial charge >= 0.3 is 5.97 Å². The maximum Gasteiger partial charge on any atom is 0.335 e. The zero-order chi connectivity index (χ0) is 21.8. The van der Waals surface area contributed by atoms with E-state index < -0.39 is 5.97 Å². The summed E-state index contributed by atoms with van der Waals surface area (Å²) >= 11 is 0. The van der Waals surface area contributed by atoms with Crippen LogP contribution in [0.1, 0.15) is 54.1 Å². The Bertz CT molecular complexity index is 1110. The van der Waals surface area contributed by atoms with E-state index in [2.05, 4.69) is 26.5 Å². The number of carboxylic acid groups (broad SMARTS) is 1. The minimum absolute atomic E-state index is 0.0914. The third-order valence-electron chi connectivity index (χ3n) is 5.82. The van der Waals surface area contributed by atoms with E-state index in [1.165, 1.54) is 25.0 Å². The van der Waals surface area contributed by atoms with Gasteiger partial charge in [0.1, 0.15) is 0 Å². The number of carboxylic acids is 1. The van der Waals surface area contributed by atoms with E-state index in [-0.39, 0.29) is 11.6 Å². The largest absolute Gasteiger partial charge is 0.478 e. The van der Waals surface area contributed by atoms with E-state index in [0.29, 0.717) is 24.0 Å². The van der Waals surface area contributed by atoms with Gasteiger partial charge in [0.05, 0.1) is 36.0 Å². The zero-order valence-electron chi connectivity index (χ0n) is 17.3. The Kier molecular flexibility index (Phi) is 5.94. The van der Waals surface area contributed by atoms with E-state index in [9.17, 15) is 10.1 Å². The quantitative estimate of drug-likeness (QED) is 0.571. The van der Waals surface area contributed by atoms with Gasteiger partial charge in [0.25, 0.3) is 0 Å². The van der Waals surface area contributed by atoms with Crippen molar-refractivity contribution in [2.75, 3.05) is 5.32 Å². The first-order valence-electron chi connectivity index (χ1n) is 10.4. The van der Waals surface area contributed by atoms with Gasteiger partial charge < -0.3 is 10.4 Å². The lowest BCUT2D eigenvalue weighted by Crippen LogP contribution is -2.17. The monoisotopic (exact) mass is 416 g/mol. The van der Waals surface area contributed by atoms with Gasteiger partial charge in [-0.1, -0.05) is 12.8 Å². The van der Waals surface area contributed by atoms with Crippen LogP contribution in [0.4, 0.5) is 11.6 Å². The Balaban J connectivity index is 1.57. The highest BCUT2D eigenvalue weighted by Gasteiger charge is 2.27. The Morgan fingerprint density at radius 3 is 2.71 bits per heavy atom. The first kappa shape index (κ1) is 20.5. The predicted molar refractivity (Wildman–Crippen MR) is 116 cm³/mol. The summed E-state index contributed by atoms with van der Waals surface area (Å²) in [7, 11) is 0. The van der Waals surface area contributed by atoms with Gasteiger partial charge in [-0.15, -0.1) is 0 Å². The van der Waals surface area contributed by atoms with Crippen LogP contribution in [0.3, 0.4) is 0 Å². The molecule has 0 saturated heterocycles. The number of aromatic carboxylic acids is 1. The average Bonchev–Trinajstić information content (AvgIpc) is 3.46. The summed E-state index contributed by atoms with van der Waals surface area (Å²) in [6, 6.07) is 8.83. The van der Waals surface area contributed by atoms with Crippen LogP contribution >= 0.6 is 0 Å². The Morgan fingerprint density at radius 1 is 1.29 bits per heavy atom. The second-order valence-corrected chi connectivity index (χ2v) is 7.92. The lowest BCUT2D eigenvalue weighted by atomic mass is 9.96. The van der Waals surface area contributed by atoms with Gasteiger partial charge in [-0.05, 0) is 55.5 Å². The van der Waals surface area contributed by atoms with Crippen molar-refractivity contribution in [3.63, 3.8) is 0 Å². The maximum absolute atomic E-state index is 11.0. The van der Waals surface area contributed by atoms with Crippen molar-refractivity contribution in [2.45, 2.75) is 45.1 Å². The highest BCUT2D eigenvalue weighted by molar-refractivity contribution is 5.88. The summed E-state index contributed by atoms with van der Waals surface area (Å²) in [6.45, 7) is 1.95. The summed E-state index contributed by atoms with van der Waals surface area (Å²) < 4.78 is 1.92. The molecule has 1 aromatic carbocycles. The van der Waals surface area contributed by atoms with Crippen molar-refractivity contribution in [1.82, 2.24) is 19.7 Å². The van der Waals surface area contributed by atoms with Crippen molar-refractivity contribution in [2.24, 2.45) is 5.92 Å². The number of aryl methyl sites for hydroxylation is 1. The van der Waals surface area contributed by atoms with Crippen LogP contribution in [0, 0.1) is 24.2 Å². The number of anilines is 2. The molecular weight excluding hydrogens is 392 g/mol. The van der Waals surface area contributed by atoms with E-state index in [4.69, 9.17) is 5.11 Å². The summed E-state index contributed by atoms with van der Waals surface area (Å²) in [5.74, 6) is -0.0598. The van der Waals surface area contributed by atoms with Crippen LogP contribution in [0.5, 0.6) is 0 Å². The fraction of sp³-hybridized carbons (Fsp3) is 0.348. The number of carbonyl (C=O) groups is 1. The predicted octanol–water partition coefficient (Wildman–Crippen LogP) is 4.74. The molecule has 1 fully saturated rings. The maximum atomic E-state index is 11.0. The van der Waals surface area contributed by atoms with Gasteiger partial charge in [-0.25, -0.2) is 14.8 Å². The molecule has 158 valence electrons. The van der Waals surface area contributed by atoms with Crippen molar-refractivity contribution in [1.29, 1.82) is 5.26 Å². The number of nitriles is 1. The van der Waals surface area contributed by atoms with E-state index in [1.54, 1.807) is 24.5 Å². The fourth-order valence-corrected chi connectivity index (χ4v) is 4.17. The topological polar surface area (TPSA) is 117 Å². The molecule has 1 unspecified atom stereocenters. The summed E-state index contributed by atoms with van der Waals surface area (Å²) in [6.07, 6.45) is 10.7. The molecule has 0 aliphatic heterocycles. The number of benzene rings is 1. The molecule has 1 aliphatic carbocycles. The second-order valence-electron chi connectivity index (χ2n) is 7.92. The molecule has 8 nitrogen and oxygen atoms in total. The van der Waals surface area contributed by atoms with Gasteiger partial charge in [-0.3, -0.25) is 4.68 Å². The van der Waals surface area contributed by atoms with Crippen molar-refractivity contribution < 1.29 is 9.90 Å². The SMILES string of the molecule is Cc1cnc(Nc2ccc(C(=O)O)cc2)nc1-c1cnn(C(CC#N)C2CCCC2)c1. The Morgan fingerprint density at radius 2 is 2.03 bits per heavy atom. The molecule has 0 amide bonds. The van der Waals surface area contributed by atoms with E-state index >= 15 is 0 Å². The Labute approximate surface area is 180 Å². The van der Waals surface area contributed by atoms with Crippen molar-refractivity contribution >= 4 is 17.6 Å². The molecule has 1 atom stereocenters. The minimum Gasteiger partial charge on any atom is -0.478 e. The van der Waals surface area contributed by atoms with Crippen molar-refractivity contribution in [3.05, 3.63) is 54.0 Å². The van der Waals surface area contributed by atoms with Crippen LogP contribution in [-0.2, 0) is 0 Å². The molecule has 2 heterocycles. The zero-order valence-corrected chi connectivity index (χ0v) is 17.3.